The van der Waals surface area contributed by atoms with Crippen LogP contribution in [-0.2, 0) is 13.6 Å². The van der Waals surface area contributed by atoms with Crippen LogP contribution in [0.4, 0.5) is 0 Å². The third-order valence-corrected chi connectivity index (χ3v) is 17.0. The second kappa shape index (κ2) is 8.98. The first-order valence-electron chi connectivity index (χ1n) is 11.8. The van der Waals surface area contributed by atoms with Crippen LogP contribution in [0.1, 0.15) is 61.1 Å². The summed E-state index contributed by atoms with van der Waals surface area (Å²) in [4.78, 5) is 13.0. The van der Waals surface area contributed by atoms with Gasteiger partial charge in [0.05, 0.1) is 12.4 Å². The maximum atomic E-state index is 7.07. The highest BCUT2D eigenvalue weighted by atomic mass is 35.5. The zero-order chi connectivity index (χ0) is 25.0. The van der Waals surface area contributed by atoms with Crippen molar-refractivity contribution in [3.05, 3.63) is 17.8 Å². The van der Waals surface area contributed by atoms with E-state index in [4.69, 9.17) is 25.2 Å². The van der Waals surface area contributed by atoms with Gasteiger partial charge < -0.3 is 13.6 Å². The molecule has 1 unspecified atom stereocenters. The van der Waals surface area contributed by atoms with Crippen LogP contribution in [0.2, 0.25) is 41.4 Å². The van der Waals surface area contributed by atoms with Crippen molar-refractivity contribution in [2.75, 3.05) is 0 Å². The van der Waals surface area contributed by atoms with E-state index in [1.807, 2.05) is 4.57 Å². The third-order valence-electron chi connectivity index (χ3n) is 7.75. The molecule has 0 amide bonds. The van der Waals surface area contributed by atoms with Gasteiger partial charge in [0.15, 0.2) is 33.7 Å². The Morgan fingerprint density at radius 1 is 0.939 bits per heavy atom. The fourth-order valence-electron chi connectivity index (χ4n) is 3.57. The molecule has 0 aliphatic carbocycles. The second-order valence-corrected chi connectivity index (χ2v) is 22.0. The predicted molar refractivity (Wildman–Crippen MR) is 139 cm³/mol. The number of hydrogen-bond donors (Lipinski definition) is 0. The second-order valence-electron chi connectivity index (χ2n) is 12.1. The number of imidazole rings is 1. The Morgan fingerprint density at radius 3 is 2.00 bits per heavy atom. The van der Waals surface area contributed by atoms with E-state index in [9.17, 15) is 0 Å². The largest absolute Gasteiger partial charge is 0.408 e. The highest BCUT2D eigenvalue weighted by Crippen LogP contribution is 2.46. The molecule has 0 N–H and O–H groups in total. The van der Waals surface area contributed by atoms with E-state index in [0.29, 0.717) is 16.3 Å². The average Bonchev–Trinajstić information content (AvgIpc) is 3.22. The summed E-state index contributed by atoms with van der Waals surface area (Å²) in [5.41, 5.74) is 1.21. The Morgan fingerprint density at radius 2 is 1.48 bits per heavy atom. The van der Waals surface area contributed by atoms with Crippen LogP contribution in [0.15, 0.2) is 12.7 Å². The van der Waals surface area contributed by atoms with E-state index in [1.165, 1.54) is 6.33 Å². The summed E-state index contributed by atoms with van der Waals surface area (Å²) < 4.78 is 22.7. The monoisotopic (exact) mass is 512 g/mol. The lowest BCUT2D eigenvalue weighted by Gasteiger charge is -2.44. The van der Waals surface area contributed by atoms with E-state index in [0.717, 1.165) is 6.42 Å². The van der Waals surface area contributed by atoms with E-state index in [-0.39, 0.29) is 28.4 Å². The summed E-state index contributed by atoms with van der Waals surface area (Å²) in [6, 6.07) is 0. The van der Waals surface area contributed by atoms with Crippen molar-refractivity contribution in [2.24, 2.45) is 0 Å². The summed E-state index contributed by atoms with van der Waals surface area (Å²) in [7, 11) is -4.23. The normalized spacial score (nSPS) is 25.2. The maximum Gasteiger partial charge on any atom is 0.192 e. The number of rotatable bonds is 6. The molecule has 0 bridgehead atoms. The number of nitrogens with zero attached hydrogens (tertiary/aromatic N) is 4. The minimum Gasteiger partial charge on any atom is -0.408 e. The van der Waals surface area contributed by atoms with Crippen LogP contribution in [0.3, 0.4) is 0 Å². The van der Waals surface area contributed by atoms with E-state index >= 15 is 0 Å². The minimum absolute atomic E-state index is 0.0475. The maximum absolute atomic E-state index is 7.07. The summed E-state index contributed by atoms with van der Waals surface area (Å²) in [5, 5.41) is 0.457. The van der Waals surface area contributed by atoms with Gasteiger partial charge in [0.25, 0.3) is 0 Å². The molecule has 0 radical (unpaired) electrons. The van der Waals surface area contributed by atoms with Crippen molar-refractivity contribution in [3.8, 4) is 0 Å². The lowest BCUT2D eigenvalue weighted by molar-refractivity contribution is -0.0324. The molecule has 33 heavy (non-hydrogen) atoms. The minimum atomic E-state index is -2.15. The molecule has 2 aromatic rings. The van der Waals surface area contributed by atoms with Crippen molar-refractivity contribution in [1.82, 2.24) is 19.5 Å². The standard InChI is InChI=1S/C23H41ClN4O3Si2/c1-12-15-17(30-32(8,9)22(2,3)4)18(31-33(10,11)23(5,6)7)21(29-15)28-14-27-16-19(24)25-13-26-20(16)28/h13-15,17-18,21H,12H2,1-11H3/t15-,17-,18-,21?/m1/s1. The molecular formula is C23H41ClN4O3Si2. The van der Waals surface area contributed by atoms with E-state index < -0.39 is 22.9 Å². The van der Waals surface area contributed by atoms with Crippen molar-refractivity contribution < 1.29 is 13.6 Å². The number of ether oxygens (including phenoxy) is 1. The average molecular weight is 513 g/mol. The van der Waals surface area contributed by atoms with Crippen molar-refractivity contribution in [1.29, 1.82) is 0 Å². The van der Waals surface area contributed by atoms with Crippen molar-refractivity contribution in [3.63, 3.8) is 0 Å². The molecule has 3 rings (SSSR count). The Labute approximate surface area is 205 Å². The fourth-order valence-corrected chi connectivity index (χ4v) is 6.35. The molecule has 7 nitrogen and oxygen atoms in total. The zero-order valence-corrected chi connectivity index (χ0v) is 24.8. The van der Waals surface area contributed by atoms with Gasteiger partial charge in [0.2, 0.25) is 0 Å². The molecule has 1 aliphatic heterocycles. The molecule has 1 fully saturated rings. The third kappa shape index (κ3) is 5.09. The van der Waals surface area contributed by atoms with Gasteiger partial charge in [-0.05, 0) is 42.7 Å². The Hall–Kier alpha value is -0.846. The van der Waals surface area contributed by atoms with Crippen LogP contribution in [0.5, 0.6) is 0 Å². The molecule has 2 aromatic heterocycles. The van der Waals surface area contributed by atoms with Crippen molar-refractivity contribution >= 4 is 39.4 Å². The smallest absolute Gasteiger partial charge is 0.192 e. The number of halogens is 1. The molecule has 1 saturated heterocycles. The molecule has 0 saturated carbocycles. The van der Waals surface area contributed by atoms with Crippen LogP contribution >= 0.6 is 11.6 Å². The van der Waals surface area contributed by atoms with Crippen LogP contribution < -0.4 is 0 Å². The zero-order valence-electron chi connectivity index (χ0n) is 22.1. The molecule has 4 atom stereocenters. The van der Waals surface area contributed by atoms with Crippen LogP contribution in [0.25, 0.3) is 11.2 Å². The van der Waals surface area contributed by atoms with Gasteiger partial charge in [0.1, 0.15) is 24.1 Å². The number of fused-ring (bicyclic) bond motifs is 1. The molecule has 10 heteroatoms. The predicted octanol–water partition coefficient (Wildman–Crippen LogP) is 6.57. The van der Waals surface area contributed by atoms with Gasteiger partial charge in [-0.1, -0.05) is 60.1 Å². The van der Waals surface area contributed by atoms with E-state index in [1.54, 1.807) is 6.33 Å². The van der Waals surface area contributed by atoms with Crippen molar-refractivity contribution in [2.45, 2.75) is 116 Å². The fraction of sp³-hybridized carbons (Fsp3) is 0.783. The molecular weight excluding hydrogens is 472 g/mol. The van der Waals surface area contributed by atoms with E-state index in [2.05, 4.69) is 89.6 Å². The molecule has 1 aliphatic rings. The quantitative estimate of drug-likeness (QED) is 0.322. The van der Waals surface area contributed by atoms with Crippen LogP contribution in [-0.4, -0.2) is 54.5 Å². The molecule has 0 spiro atoms. The SMILES string of the molecule is CC[C@H]1OC(n2cnc3c(Cl)ncnc32)[C@H](O[Si](C)(C)C(C)(C)C)[C@@H]1O[Si](C)(C)C(C)(C)C. The highest BCUT2D eigenvalue weighted by molar-refractivity contribution is 6.74. The lowest BCUT2D eigenvalue weighted by Crippen LogP contribution is -2.53. The Balaban J connectivity index is 2.10. The molecule has 3 heterocycles. The van der Waals surface area contributed by atoms with Crippen LogP contribution in [0, 0.1) is 0 Å². The van der Waals surface area contributed by atoms with Gasteiger partial charge in [0, 0.05) is 0 Å². The number of hydrogen-bond acceptors (Lipinski definition) is 6. The van der Waals surface area contributed by atoms with Gasteiger partial charge in [-0.25, -0.2) is 15.0 Å². The summed E-state index contributed by atoms with van der Waals surface area (Å²) in [5.74, 6) is 0. The first kappa shape index (κ1) is 26.8. The first-order valence-corrected chi connectivity index (χ1v) is 18.0. The first-order chi connectivity index (χ1) is 15.0. The summed E-state index contributed by atoms with van der Waals surface area (Å²) >= 11 is 6.29. The summed E-state index contributed by atoms with van der Waals surface area (Å²) in [6.07, 6.45) is 3.07. The summed E-state index contributed by atoms with van der Waals surface area (Å²) in [6.45, 7) is 24.8. The Bertz CT molecular complexity index is 984. The molecule has 186 valence electrons. The number of aromatic nitrogens is 4. The lowest BCUT2D eigenvalue weighted by atomic mass is 10.1. The van der Waals surface area contributed by atoms with Gasteiger partial charge in [-0.2, -0.15) is 0 Å². The highest BCUT2D eigenvalue weighted by Gasteiger charge is 2.54. The molecule has 0 aromatic carbocycles. The van der Waals surface area contributed by atoms with Gasteiger partial charge in [-0.15, -0.1) is 0 Å². The van der Waals surface area contributed by atoms with Gasteiger partial charge in [-0.3, -0.25) is 4.57 Å². The Kier molecular flexibility index (Phi) is 7.28. The van der Waals surface area contributed by atoms with Gasteiger partial charge >= 0.3 is 0 Å². The topological polar surface area (TPSA) is 71.3 Å².